The Morgan fingerprint density at radius 2 is 2.33 bits per heavy atom. The number of rotatable bonds is 2. The molecular weight excluding hydrogens is 262 g/mol. The zero-order valence-electron chi connectivity index (χ0n) is 7.95. The fraction of sp³-hybridized carbons (Fsp3) is 0.200. The average Bonchev–Trinajstić information content (AvgIpc) is 2.22. The smallest absolute Gasteiger partial charge is 0.339 e. The summed E-state index contributed by atoms with van der Waals surface area (Å²) in [6.07, 6.45) is 0. The highest BCUT2D eigenvalue weighted by Crippen LogP contribution is 2.29. The van der Waals surface area contributed by atoms with Crippen molar-refractivity contribution in [3.63, 3.8) is 0 Å². The molecule has 78 valence electrons. The number of hydrogen-bond donors (Lipinski definition) is 1. The lowest BCUT2D eigenvalue weighted by Gasteiger charge is -2.06. The van der Waals surface area contributed by atoms with Crippen LogP contribution in [0.25, 0.3) is 0 Å². The summed E-state index contributed by atoms with van der Waals surface area (Å²) in [5.74, 6) is -0.728. The van der Waals surface area contributed by atoms with E-state index >= 15 is 0 Å². The Hall–Kier alpha value is -1.54. The topological polar surface area (TPSA) is 70.3 Å². The van der Waals surface area contributed by atoms with E-state index in [1.54, 1.807) is 6.92 Å². The van der Waals surface area contributed by atoms with Crippen LogP contribution in [0.3, 0.4) is 0 Å². The van der Waals surface area contributed by atoms with Crippen LogP contribution in [-0.4, -0.2) is 17.7 Å². The van der Waals surface area contributed by atoms with Gasteiger partial charge in [-0.3, -0.25) is 0 Å². The molecule has 0 saturated heterocycles. The van der Waals surface area contributed by atoms with E-state index in [-0.39, 0.29) is 28.0 Å². The van der Waals surface area contributed by atoms with Gasteiger partial charge < -0.3 is 9.84 Å². The molecule has 1 aromatic carbocycles. The molecule has 0 atom stereocenters. The lowest BCUT2D eigenvalue weighted by atomic mass is 10.1. The molecule has 0 unspecified atom stereocenters. The van der Waals surface area contributed by atoms with E-state index in [0.29, 0.717) is 0 Å². The van der Waals surface area contributed by atoms with Crippen LogP contribution < -0.4 is 0 Å². The van der Waals surface area contributed by atoms with Gasteiger partial charge in [0.1, 0.15) is 5.75 Å². The highest BCUT2D eigenvalue weighted by Gasteiger charge is 2.15. The number of phenolic OH excluding ortho intramolecular Hbond substituents is 1. The predicted octanol–water partition coefficient (Wildman–Crippen LogP) is 2.20. The second-order valence-corrected chi connectivity index (χ2v) is 3.48. The highest BCUT2D eigenvalue weighted by molar-refractivity contribution is 9.10. The van der Waals surface area contributed by atoms with Crippen LogP contribution in [0, 0.1) is 11.3 Å². The number of hydrogen-bond acceptors (Lipinski definition) is 4. The molecule has 0 spiro atoms. The van der Waals surface area contributed by atoms with Gasteiger partial charge in [-0.25, -0.2) is 4.79 Å². The van der Waals surface area contributed by atoms with Crippen LogP contribution in [0.1, 0.15) is 22.8 Å². The molecule has 0 amide bonds. The molecule has 15 heavy (non-hydrogen) atoms. The van der Waals surface area contributed by atoms with E-state index in [1.165, 1.54) is 12.1 Å². The Bertz CT molecular complexity index is 437. The molecular formula is C10H8BrNO3. The van der Waals surface area contributed by atoms with Crippen molar-refractivity contribution in [2.24, 2.45) is 0 Å². The van der Waals surface area contributed by atoms with E-state index < -0.39 is 5.97 Å². The predicted molar refractivity (Wildman–Crippen MR) is 56.5 cm³/mol. The first kappa shape index (κ1) is 11.5. The Balaban J connectivity index is 3.23. The van der Waals surface area contributed by atoms with Crippen molar-refractivity contribution < 1.29 is 14.6 Å². The third-order valence-corrected chi connectivity index (χ3v) is 2.51. The van der Waals surface area contributed by atoms with Crippen LogP contribution in [0.5, 0.6) is 5.75 Å². The molecule has 0 aromatic heterocycles. The van der Waals surface area contributed by atoms with Gasteiger partial charge in [0.2, 0.25) is 0 Å². The van der Waals surface area contributed by atoms with E-state index in [4.69, 9.17) is 10.00 Å². The number of ether oxygens (including phenoxy) is 1. The summed E-state index contributed by atoms with van der Waals surface area (Å²) >= 11 is 3.05. The van der Waals surface area contributed by atoms with Gasteiger partial charge in [0.05, 0.1) is 28.3 Å². The number of nitrogens with zero attached hydrogens (tertiary/aromatic N) is 1. The number of phenols is 1. The lowest BCUT2D eigenvalue weighted by Crippen LogP contribution is -2.06. The van der Waals surface area contributed by atoms with E-state index in [0.717, 1.165) is 0 Å². The van der Waals surface area contributed by atoms with Crippen LogP contribution in [0.2, 0.25) is 0 Å². The van der Waals surface area contributed by atoms with E-state index in [1.807, 2.05) is 6.07 Å². The maximum atomic E-state index is 11.4. The van der Waals surface area contributed by atoms with Gasteiger partial charge in [0.15, 0.2) is 0 Å². The monoisotopic (exact) mass is 269 g/mol. The van der Waals surface area contributed by atoms with Crippen LogP contribution >= 0.6 is 15.9 Å². The van der Waals surface area contributed by atoms with Crippen molar-refractivity contribution in [1.82, 2.24) is 0 Å². The standard InChI is InChI=1S/C10H8BrNO3/c1-2-15-10(14)7-3-6(5-12)4-8(13)9(7)11/h3-4,13H,2H2,1H3. The SMILES string of the molecule is CCOC(=O)c1cc(C#N)cc(O)c1Br. The number of esters is 1. The molecule has 1 aromatic rings. The van der Waals surface area contributed by atoms with Gasteiger partial charge in [0.25, 0.3) is 0 Å². The fourth-order valence-corrected chi connectivity index (χ4v) is 1.42. The summed E-state index contributed by atoms with van der Waals surface area (Å²) in [5, 5.41) is 18.1. The molecule has 0 aliphatic carbocycles. The molecule has 0 aliphatic heterocycles. The number of carbonyl (C=O) groups is 1. The van der Waals surface area contributed by atoms with Gasteiger partial charge >= 0.3 is 5.97 Å². The summed E-state index contributed by atoms with van der Waals surface area (Å²) < 4.78 is 5.01. The normalized spacial score (nSPS) is 9.40. The van der Waals surface area contributed by atoms with Crippen LogP contribution in [0.15, 0.2) is 16.6 Å². The maximum Gasteiger partial charge on any atom is 0.339 e. The molecule has 0 bridgehead atoms. The number of halogens is 1. The number of carbonyl (C=O) groups excluding carboxylic acids is 1. The summed E-state index contributed by atoms with van der Waals surface area (Å²) in [6.45, 7) is 1.92. The molecule has 0 heterocycles. The molecule has 0 radical (unpaired) electrons. The molecule has 4 nitrogen and oxygen atoms in total. The zero-order chi connectivity index (χ0) is 11.4. The van der Waals surface area contributed by atoms with E-state index in [9.17, 15) is 9.90 Å². The van der Waals surface area contributed by atoms with Crippen molar-refractivity contribution in [3.05, 3.63) is 27.7 Å². The van der Waals surface area contributed by atoms with E-state index in [2.05, 4.69) is 15.9 Å². The lowest BCUT2D eigenvalue weighted by molar-refractivity contribution is 0.0524. The van der Waals surface area contributed by atoms with Gasteiger partial charge in [-0.15, -0.1) is 0 Å². The minimum absolute atomic E-state index is 0.147. The second-order valence-electron chi connectivity index (χ2n) is 2.69. The molecule has 1 N–H and O–H groups in total. The molecule has 1 rings (SSSR count). The van der Waals surface area contributed by atoms with Crippen molar-refractivity contribution in [2.75, 3.05) is 6.61 Å². The highest BCUT2D eigenvalue weighted by atomic mass is 79.9. The Morgan fingerprint density at radius 1 is 1.67 bits per heavy atom. The first-order valence-electron chi connectivity index (χ1n) is 4.19. The van der Waals surface area contributed by atoms with Crippen LogP contribution in [0.4, 0.5) is 0 Å². The maximum absolute atomic E-state index is 11.4. The van der Waals surface area contributed by atoms with Gasteiger partial charge in [-0.2, -0.15) is 5.26 Å². The minimum Gasteiger partial charge on any atom is -0.507 e. The number of aromatic hydroxyl groups is 1. The summed E-state index contributed by atoms with van der Waals surface area (Å²) in [4.78, 5) is 11.4. The van der Waals surface area contributed by atoms with Crippen molar-refractivity contribution in [2.45, 2.75) is 6.92 Å². The quantitative estimate of drug-likeness (QED) is 0.836. The Labute approximate surface area is 95.2 Å². The van der Waals surface area contributed by atoms with Crippen LogP contribution in [-0.2, 0) is 4.74 Å². The largest absolute Gasteiger partial charge is 0.507 e. The molecule has 0 aliphatic rings. The third kappa shape index (κ3) is 2.48. The Morgan fingerprint density at radius 3 is 2.87 bits per heavy atom. The first-order valence-corrected chi connectivity index (χ1v) is 4.99. The molecule has 0 fully saturated rings. The van der Waals surface area contributed by atoms with Gasteiger partial charge in [0, 0.05) is 0 Å². The number of benzene rings is 1. The number of nitriles is 1. The zero-order valence-corrected chi connectivity index (χ0v) is 9.54. The second kappa shape index (κ2) is 4.80. The molecule has 5 heteroatoms. The van der Waals surface area contributed by atoms with Gasteiger partial charge in [-0.1, -0.05) is 0 Å². The van der Waals surface area contributed by atoms with Gasteiger partial charge in [-0.05, 0) is 35.0 Å². The molecule has 0 saturated carbocycles. The van der Waals surface area contributed by atoms with Crippen molar-refractivity contribution in [1.29, 1.82) is 5.26 Å². The van der Waals surface area contributed by atoms with Crippen molar-refractivity contribution >= 4 is 21.9 Å². The summed E-state index contributed by atoms with van der Waals surface area (Å²) in [5.41, 5.74) is 0.354. The first-order chi connectivity index (χ1) is 7.10. The summed E-state index contributed by atoms with van der Waals surface area (Å²) in [6, 6.07) is 4.48. The summed E-state index contributed by atoms with van der Waals surface area (Å²) in [7, 11) is 0. The Kier molecular flexibility index (Phi) is 3.69. The van der Waals surface area contributed by atoms with Crippen molar-refractivity contribution in [3.8, 4) is 11.8 Å². The third-order valence-electron chi connectivity index (χ3n) is 1.68. The fourth-order valence-electron chi connectivity index (χ4n) is 1.03. The average molecular weight is 270 g/mol. The minimum atomic E-state index is -0.572.